The van der Waals surface area contributed by atoms with Crippen molar-refractivity contribution in [2.45, 2.75) is 18.4 Å². The topological polar surface area (TPSA) is 88.9 Å². The number of anilines is 1. The van der Waals surface area contributed by atoms with Gasteiger partial charge in [0.1, 0.15) is 12.2 Å². The molecule has 0 spiro atoms. The molecule has 0 unspecified atom stereocenters. The Bertz CT molecular complexity index is 663. The van der Waals surface area contributed by atoms with Crippen LogP contribution in [0.5, 0.6) is 0 Å². The average Bonchev–Trinajstić information content (AvgIpc) is 2.83. The molecular weight excluding hydrogens is 278 g/mol. The fraction of sp³-hybridized carbons (Fsp3) is 0.333. The van der Waals surface area contributed by atoms with Crippen LogP contribution in [0.25, 0.3) is 0 Å². The third-order valence-electron chi connectivity index (χ3n) is 2.77. The zero-order valence-corrected chi connectivity index (χ0v) is 12.2. The van der Waals surface area contributed by atoms with Gasteiger partial charge in [0.15, 0.2) is 0 Å². The van der Waals surface area contributed by atoms with Crippen LogP contribution < -0.4 is 10.0 Å². The fourth-order valence-electron chi connectivity index (χ4n) is 1.67. The summed E-state index contributed by atoms with van der Waals surface area (Å²) in [6.07, 6.45) is 1.52. The summed E-state index contributed by atoms with van der Waals surface area (Å²) in [5.41, 5.74) is 0.889. The van der Waals surface area contributed by atoms with E-state index in [1.807, 2.05) is 6.92 Å². The van der Waals surface area contributed by atoms with Crippen molar-refractivity contribution in [2.24, 2.45) is 7.05 Å². The minimum atomic E-state index is -3.54. The number of rotatable bonds is 6. The van der Waals surface area contributed by atoms with Crippen molar-refractivity contribution >= 4 is 15.7 Å². The predicted molar refractivity (Wildman–Crippen MR) is 75.6 cm³/mol. The quantitative estimate of drug-likeness (QED) is 0.820. The molecule has 0 saturated heterocycles. The maximum Gasteiger partial charge on any atom is 0.240 e. The summed E-state index contributed by atoms with van der Waals surface area (Å²) in [5, 5.41) is 10.6. The molecule has 2 aromatic rings. The van der Waals surface area contributed by atoms with Crippen molar-refractivity contribution in [3.63, 3.8) is 0 Å². The van der Waals surface area contributed by atoms with Gasteiger partial charge in [0.25, 0.3) is 0 Å². The SMILES string of the molecule is CCNc1ccc(S(=O)(=O)NCc2nncn2C)cc1. The van der Waals surface area contributed by atoms with Crippen LogP contribution in [0.4, 0.5) is 5.69 Å². The highest BCUT2D eigenvalue weighted by Gasteiger charge is 2.14. The minimum Gasteiger partial charge on any atom is -0.385 e. The lowest BCUT2D eigenvalue weighted by atomic mass is 10.3. The van der Waals surface area contributed by atoms with Crippen LogP contribution in [0.1, 0.15) is 12.7 Å². The Labute approximate surface area is 118 Å². The van der Waals surface area contributed by atoms with E-state index in [0.29, 0.717) is 5.82 Å². The summed E-state index contributed by atoms with van der Waals surface area (Å²) in [6, 6.07) is 6.61. The number of hydrogen-bond donors (Lipinski definition) is 2. The molecule has 1 aromatic carbocycles. The maximum absolute atomic E-state index is 12.1. The van der Waals surface area contributed by atoms with Gasteiger partial charge < -0.3 is 9.88 Å². The van der Waals surface area contributed by atoms with E-state index in [1.165, 1.54) is 6.33 Å². The van der Waals surface area contributed by atoms with E-state index in [9.17, 15) is 8.42 Å². The van der Waals surface area contributed by atoms with Crippen LogP contribution in [0.15, 0.2) is 35.5 Å². The molecule has 0 amide bonds. The average molecular weight is 295 g/mol. The molecule has 7 nitrogen and oxygen atoms in total. The highest BCUT2D eigenvalue weighted by Crippen LogP contribution is 2.14. The molecule has 2 rings (SSSR count). The van der Waals surface area contributed by atoms with Gasteiger partial charge in [-0.25, -0.2) is 13.1 Å². The number of sulfonamides is 1. The summed E-state index contributed by atoms with van der Waals surface area (Å²) in [4.78, 5) is 0.223. The van der Waals surface area contributed by atoms with Crippen molar-refractivity contribution in [2.75, 3.05) is 11.9 Å². The highest BCUT2D eigenvalue weighted by molar-refractivity contribution is 7.89. The molecule has 0 radical (unpaired) electrons. The van der Waals surface area contributed by atoms with Crippen LogP contribution in [-0.4, -0.2) is 29.7 Å². The molecule has 1 heterocycles. The molecule has 1 aromatic heterocycles. The summed E-state index contributed by atoms with van der Waals surface area (Å²) in [7, 11) is -1.78. The molecule has 8 heteroatoms. The molecule has 0 bridgehead atoms. The first kappa shape index (κ1) is 14.5. The van der Waals surface area contributed by atoms with Crippen LogP contribution in [0.2, 0.25) is 0 Å². The van der Waals surface area contributed by atoms with Crippen molar-refractivity contribution in [1.29, 1.82) is 0 Å². The van der Waals surface area contributed by atoms with Crippen LogP contribution >= 0.6 is 0 Å². The van der Waals surface area contributed by atoms with Gasteiger partial charge in [-0.15, -0.1) is 10.2 Å². The van der Waals surface area contributed by atoms with Gasteiger partial charge in [-0.3, -0.25) is 0 Å². The summed E-state index contributed by atoms with van der Waals surface area (Å²) in [6.45, 7) is 2.87. The zero-order chi connectivity index (χ0) is 14.6. The smallest absolute Gasteiger partial charge is 0.240 e. The van der Waals surface area contributed by atoms with E-state index in [2.05, 4.69) is 20.2 Å². The van der Waals surface area contributed by atoms with Crippen LogP contribution in [-0.2, 0) is 23.6 Å². The van der Waals surface area contributed by atoms with E-state index < -0.39 is 10.0 Å². The molecule has 0 aliphatic heterocycles. The van der Waals surface area contributed by atoms with Crippen molar-refractivity contribution in [1.82, 2.24) is 19.5 Å². The first-order valence-electron chi connectivity index (χ1n) is 6.19. The molecule has 0 saturated carbocycles. The Hall–Kier alpha value is -1.93. The maximum atomic E-state index is 12.1. The fourth-order valence-corrected chi connectivity index (χ4v) is 2.65. The van der Waals surface area contributed by atoms with Gasteiger partial charge >= 0.3 is 0 Å². The lowest BCUT2D eigenvalue weighted by molar-refractivity contribution is 0.577. The van der Waals surface area contributed by atoms with E-state index in [0.717, 1.165) is 12.2 Å². The molecule has 0 fully saturated rings. The number of nitrogens with zero attached hydrogens (tertiary/aromatic N) is 3. The minimum absolute atomic E-state index is 0.105. The van der Waals surface area contributed by atoms with E-state index in [-0.39, 0.29) is 11.4 Å². The molecule has 0 aliphatic carbocycles. The van der Waals surface area contributed by atoms with E-state index >= 15 is 0 Å². The predicted octanol–water partition coefficient (Wildman–Crippen LogP) is 0.725. The van der Waals surface area contributed by atoms with Crippen molar-refractivity contribution in [3.05, 3.63) is 36.4 Å². The molecule has 0 aliphatic rings. The summed E-state index contributed by atoms with van der Waals surface area (Å²) >= 11 is 0. The monoisotopic (exact) mass is 295 g/mol. The normalized spacial score (nSPS) is 11.5. The molecule has 0 atom stereocenters. The molecule has 108 valence electrons. The Kier molecular flexibility index (Phi) is 4.35. The lowest BCUT2D eigenvalue weighted by Gasteiger charge is -2.08. The zero-order valence-electron chi connectivity index (χ0n) is 11.4. The Morgan fingerprint density at radius 3 is 2.50 bits per heavy atom. The Morgan fingerprint density at radius 2 is 1.95 bits per heavy atom. The number of aryl methyl sites for hydroxylation is 1. The second-order valence-electron chi connectivity index (χ2n) is 4.24. The third-order valence-corrected chi connectivity index (χ3v) is 4.19. The number of benzene rings is 1. The third kappa shape index (κ3) is 3.34. The summed E-state index contributed by atoms with van der Waals surface area (Å²) in [5.74, 6) is 0.554. The lowest BCUT2D eigenvalue weighted by Crippen LogP contribution is -2.24. The van der Waals surface area contributed by atoms with Crippen LogP contribution in [0, 0.1) is 0 Å². The second kappa shape index (κ2) is 6.02. The van der Waals surface area contributed by atoms with Gasteiger partial charge in [-0.05, 0) is 31.2 Å². The number of aromatic nitrogens is 3. The molecule has 20 heavy (non-hydrogen) atoms. The highest BCUT2D eigenvalue weighted by atomic mass is 32.2. The van der Waals surface area contributed by atoms with Gasteiger partial charge in [-0.1, -0.05) is 0 Å². The van der Waals surface area contributed by atoms with Crippen LogP contribution in [0.3, 0.4) is 0 Å². The van der Waals surface area contributed by atoms with E-state index in [4.69, 9.17) is 0 Å². The first-order chi connectivity index (χ1) is 9.53. The molecular formula is C12H17N5O2S. The Morgan fingerprint density at radius 1 is 1.25 bits per heavy atom. The van der Waals surface area contributed by atoms with Gasteiger partial charge in [0.2, 0.25) is 10.0 Å². The largest absolute Gasteiger partial charge is 0.385 e. The molecule has 2 N–H and O–H groups in total. The first-order valence-corrected chi connectivity index (χ1v) is 7.67. The standard InChI is InChI=1S/C12H17N5O2S/c1-3-13-10-4-6-11(7-5-10)20(18,19)15-8-12-16-14-9-17(12)2/h4-7,9,13,15H,3,8H2,1-2H3. The second-order valence-corrected chi connectivity index (χ2v) is 6.00. The van der Waals surface area contributed by atoms with Crippen molar-refractivity contribution < 1.29 is 8.42 Å². The van der Waals surface area contributed by atoms with Crippen molar-refractivity contribution in [3.8, 4) is 0 Å². The van der Waals surface area contributed by atoms with Gasteiger partial charge in [0, 0.05) is 19.3 Å². The summed E-state index contributed by atoms with van der Waals surface area (Å²) < 4.78 is 28.4. The van der Waals surface area contributed by atoms with Gasteiger partial charge in [-0.2, -0.15) is 0 Å². The van der Waals surface area contributed by atoms with Gasteiger partial charge in [0.05, 0.1) is 11.4 Å². The number of nitrogens with one attached hydrogen (secondary N) is 2. The van der Waals surface area contributed by atoms with E-state index in [1.54, 1.807) is 35.9 Å². The Balaban J connectivity index is 2.08. The number of hydrogen-bond acceptors (Lipinski definition) is 5.